The Morgan fingerprint density at radius 3 is 1.90 bits per heavy atom. The molecular formula is C21H42O8. The van der Waals surface area contributed by atoms with Gasteiger partial charge < -0.3 is 34.6 Å². The second kappa shape index (κ2) is 20.5. The zero-order valence-corrected chi connectivity index (χ0v) is 18.0. The van der Waals surface area contributed by atoms with Crippen LogP contribution in [0.25, 0.3) is 0 Å². The molecule has 0 fully saturated rings. The van der Waals surface area contributed by atoms with Crippen molar-refractivity contribution in [3.8, 4) is 0 Å². The Morgan fingerprint density at radius 2 is 1.31 bits per heavy atom. The summed E-state index contributed by atoms with van der Waals surface area (Å²) in [6.07, 6.45) is 8.26. The molecule has 3 atom stereocenters. The maximum Gasteiger partial charge on any atom is 0.305 e. The summed E-state index contributed by atoms with van der Waals surface area (Å²) in [6, 6.07) is 0. The molecule has 0 bridgehead atoms. The molecule has 0 amide bonds. The monoisotopic (exact) mass is 422 g/mol. The fourth-order valence-electron chi connectivity index (χ4n) is 2.67. The smallest absolute Gasteiger partial charge is 0.305 e. The number of hydrogen-bond acceptors (Lipinski definition) is 8. The molecule has 0 heterocycles. The van der Waals surface area contributed by atoms with Gasteiger partial charge >= 0.3 is 5.97 Å². The first kappa shape index (κ1) is 28.2. The van der Waals surface area contributed by atoms with Crippen LogP contribution in [-0.4, -0.2) is 84.3 Å². The van der Waals surface area contributed by atoms with Crippen LogP contribution in [0.5, 0.6) is 0 Å². The SMILES string of the molecule is CCCCCCCCCCCC(=O)OC[C@@H](COC[C@H](O)CO)OC[C@H](O)CO. The van der Waals surface area contributed by atoms with Gasteiger partial charge in [0.25, 0.3) is 0 Å². The Bertz CT molecular complexity index is 367. The summed E-state index contributed by atoms with van der Waals surface area (Å²) < 4.78 is 15.9. The van der Waals surface area contributed by atoms with Crippen molar-refractivity contribution >= 4 is 5.97 Å². The Kier molecular flexibility index (Phi) is 20.0. The van der Waals surface area contributed by atoms with Crippen molar-refractivity contribution in [3.63, 3.8) is 0 Å². The summed E-state index contributed by atoms with van der Waals surface area (Å²) in [7, 11) is 0. The number of hydrogen-bond donors (Lipinski definition) is 4. The second-order valence-corrected chi connectivity index (χ2v) is 7.43. The third-order valence-corrected chi connectivity index (χ3v) is 4.47. The van der Waals surface area contributed by atoms with Crippen molar-refractivity contribution in [1.29, 1.82) is 0 Å². The number of ether oxygens (including phenoxy) is 3. The molecule has 29 heavy (non-hydrogen) atoms. The molecule has 174 valence electrons. The zero-order valence-electron chi connectivity index (χ0n) is 18.0. The maximum atomic E-state index is 11.9. The lowest BCUT2D eigenvalue weighted by molar-refractivity contribution is -0.152. The molecule has 0 saturated carbocycles. The lowest BCUT2D eigenvalue weighted by Crippen LogP contribution is -2.33. The minimum absolute atomic E-state index is 0.0283. The highest BCUT2D eigenvalue weighted by molar-refractivity contribution is 5.69. The van der Waals surface area contributed by atoms with E-state index in [1.165, 1.54) is 38.5 Å². The van der Waals surface area contributed by atoms with Gasteiger partial charge in [0.2, 0.25) is 0 Å². The quantitative estimate of drug-likeness (QED) is 0.162. The van der Waals surface area contributed by atoms with Crippen molar-refractivity contribution in [2.75, 3.05) is 39.6 Å². The van der Waals surface area contributed by atoms with Crippen LogP contribution in [0.2, 0.25) is 0 Å². The third-order valence-electron chi connectivity index (χ3n) is 4.47. The van der Waals surface area contributed by atoms with Gasteiger partial charge in [0, 0.05) is 6.42 Å². The summed E-state index contributed by atoms with van der Waals surface area (Å²) in [6.45, 7) is 1.15. The van der Waals surface area contributed by atoms with Crippen LogP contribution in [0.15, 0.2) is 0 Å². The first-order chi connectivity index (χ1) is 14.0. The van der Waals surface area contributed by atoms with E-state index in [1.54, 1.807) is 0 Å². The molecule has 0 aromatic heterocycles. The van der Waals surface area contributed by atoms with Crippen LogP contribution in [0.1, 0.15) is 71.1 Å². The van der Waals surface area contributed by atoms with E-state index >= 15 is 0 Å². The molecule has 0 saturated heterocycles. The first-order valence-electron chi connectivity index (χ1n) is 11.0. The number of aliphatic hydroxyl groups excluding tert-OH is 4. The average Bonchev–Trinajstić information content (AvgIpc) is 2.73. The standard InChI is InChI=1S/C21H42O8/c1-2-3-4-5-6-7-8-9-10-11-21(26)29-17-20(28-15-19(25)13-23)16-27-14-18(24)12-22/h18-20,22-25H,2-17H2,1H3/t18-,19-,20-/m1/s1. The summed E-state index contributed by atoms with van der Waals surface area (Å²) in [4.78, 5) is 11.9. The summed E-state index contributed by atoms with van der Waals surface area (Å²) in [5.74, 6) is -0.306. The normalized spacial score (nSPS) is 14.5. The van der Waals surface area contributed by atoms with Crippen LogP contribution < -0.4 is 0 Å². The molecule has 0 unspecified atom stereocenters. The highest BCUT2D eigenvalue weighted by Gasteiger charge is 2.16. The fraction of sp³-hybridized carbons (Fsp3) is 0.952. The number of carbonyl (C=O) groups excluding carboxylic acids is 1. The van der Waals surface area contributed by atoms with E-state index in [4.69, 9.17) is 24.4 Å². The molecule has 0 aliphatic heterocycles. The minimum atomic E-state index is -1.03. The maximum absolute atomic E-state index is 11.9. The number of esters is 1. The minimum Gasteiger partial charge on any atom is -0.463 e. The van der Waals surface area contributed by atoms with Crippen molar-refractivity contribution in [2.24, 2.45) is 0 Å². The number of aliphatic hydroxyl groups is 4. The van der Waals surface area contributed by atoms with Gasteiger partial charge in [-0.05, 0) is 6.42 Å². The molecule has 0 aromatic carbocycles. The third kappa shape index (κ3) is 19.0. The van der Waals surface area contributed by atoms with Crippen molar-refractivity contribution in [2.45, 2.75) is 89.4 Å². The van der Waals surface area contributed by atoms with Crippen LogP contribution in [0.4, 0.5) is 0 Å². The summed E-state index contributed by atoms with van der Waals surface area (Å²) >= 11 is 0. The number of carbonyl (C=O) groups is 1. The van der Waals surface area contributed by atoms with E-state index in [0.717, 1.165) is 19.3 Å². The Balaban J connectivity index is 3.91. The largest absolute Gasteiger partial charge is 0.463 e. The van der Waals surface area contributed by atoms with E-state index in [9.17, 15) is 15.0 Å². The number of unbranched alkanes of at least 4 members (excludes halogenated alkanes) is 8. The van der Waals surface area contributed by atoms with Gasteiger partial charge in [0.1, 0.15) is 24.9 Å². The van der Waals surface area contributed by atoms with Gasteiger partial charge in [-0.3, -0.25) is 4.79 Å². The first-order valence-corrected chi connectivity index (χ1v) is 11.0. The molecule has 0 spiro atoms. The molecule has 0 rings (SSSR count). The molecule has 0 radical (unpaired) electrons. The molecule has 8 heteroatoms. The highest BCUT2D eigenvalue weighted by Crippen LogP contribution is 2.11. The van der Waals surface area contributed by atoms with Gasteiger partial charge in [-0.25, -0.2) is 0 Å². The van der Waals surface area contributed by atoms with Crippen LogP contribution in [0, 0.1) is 0 Å². The molecule has 4 N–H and O–H groups in total. The van der Waals surface area contributed by atoms with E-state index in [2.05, 4.69) is 6.92 Å². The Hall–Kier alpha value is -0.770. The van der Waals surface area contributed by atoms with E-state index in [1.807, 2.05) is 0 Å². The van der Waals surface area contributed by atoms with Gasteiger partial charge in [-0.1, -0.05) is 58.3 Å². The number of rotatable bonds is 21. The van der Waals surface area contributed by atoms with E-state index < -0.39 is 31.5 Å². The van der Waals surface area contributed by atoms with Crippen LogP contribution >= 0.6 is 0 Å². The van der Waals surface area contributed by atoms with Gasteiger partial charge in [-0.2, -0.15) is 0 Å². The van der Waals surface area contributed by atoms with Crippen LogP contribution in [0.3, 0.4) is 0 Å². The Labute approximate surface area is 175 Å². The predicted molar refractivity (Wildman–Crippen MR) is 110 cm³/mol. The summed E-state index contributed by atoms with van der Waals surface area (Å²) in [5.41, 5.74) is 0. The lowest BCUT2D eigenvalue weighted by Gasteiger charge is -2.20. The van der Waals surface area contributed by atoms with E-state index in [-0.39, 0.29) is 32.4 Å². The van der Waals surface area contributed by atoms with Crippen molar-refractivity contribution in [3.05, 3.63) is 0 Å². The molecule has 0 aliphatic rings. The van der Waals surface area contributed by atoms with Crippen molar-refractivity contribution in [1.82, 2.24) is 0 Å². The van der Waals surface area contributed by atoms with Crippen molar-refractivity contribution < 1.29 is 39.4 Å². The summed E-state index contributed by atoms with van der Waals surface area (Å²) in [5, 5.41) is 36.3. The van der Waals surface area contributed by atoms with Gasteiger partial charge in [0.05, 0.1) is 33.0 Å². The second-order valence-electron chi connectivity index (χ2n) is 7.43. The van der Waals surface area contributed by atoms with Gasteiger partial charge in [0.15, 0.2) is 0 Å². The lowest BCUT2D eigenvalue weighted by atomic mass is 10.1. The Morgan fingerprint density at radius 1 is 0.759 bits per heavy atom. The molecule has 8 nitrogen and oxygen atoms in total. The predicted octanol–water partition coefficient (Wildman–Crippen LogP) is 1.56. The molecular weight excluding hydrogens is 380 g/mol. The van der Waals surface area contributed by atoms with Crippen LogP contribution in [-0.2, 0) is 19.0 Å². The topological polar surface area (TPSA) is 126 Å². The molecule has 0 aliphatic carbocycles. The molecule has 0 aromatic rings. The zero-order chi connectivity index (χ0) is 21.7. The van der Waals surface area contributed by atoms with Gasteiger partial charge in [-0.15, -0.1) is 0 Å². The fourth-order valence-corrected chi connectivity index (χ4v) is 2.67. The average molecular weight is 423 g/mol. The highest BCUT2D eigenvalue weighted by atomic mass is 16.6. The van der Waals surface area contributed by atoms with E-state index in [0.29, 0.717) is 6.42 Å².